The molecular weight excluding hydrogens is 464 g/mol. The third-order valence-electron chi connectivity index (χ3n) is 6.28. The fourth-order valence-corrected chi connectivity index (χ4v) is 6.09. The number of aromatic nitrogens is 5. The van der Waals surface area contributed by atoms with Gasteiger partial charge in [-0.25, -0.2) is 18.1 Å². The Hall–Kier alpha value is -3.53. The van der Waals surface area contributed by atoms with Gasteiger partial charge < -0.3 is 10.1 Å². The molecule has 4 aromatic heterocycles. The number of rotatable bonds is 6. The third kappa shape index (κ3) is 4.58. The SMILES string of the molecule is COc1ccncc1-c1cc2c(cnn2-c2cc(NC3CCS(=O)(=O)C3)cc(C(C)C)n2)c(C)n1. The highest BCUT2D eigenvalue weighted by Gasteiger charge is 2.28. The highest BCUT2D eigenvalue weighted by atomic mass is 32.2. The lowest BCUT2D eigenvalue weighted by molar-refractivity contribution is 0.416. The van der Waals surface area contributed by atoms with E-state index in [0.717, 1.165) is 39.2 Å². The molecule has 0 bridgehead atoms. The van der Waals surface area contributed by atoms with E-state index in [-0.39, 0.29) is 23.5 Å². The maximum absolute atomic E-state index is 11.9. The van der Waals surface area contributed by atoms with Crippen LogP contribution in [0.2, 0.25) is 0 Å². The number of pyridine rings is 3. The summed E-state index contributed by atoms with van der Waals surface area (Å²) in [6.07, 6.45) is 5.82. The van der Waals surface area contributed by atoms with Crippen LogP contribution >= 0.6 is 0 Å². The first-order chi connectivity index (χ1) is 16.7. The van der Waals surface area contributed by atoms with Crippen LogP contribution in [0.15, 0.2) is 42.9 Å². The van der Waals surface area contributed by atoms with Crippen molar-refractivity contribution in [2.45, 2.75) is 39.2 Å². The predicted molar refractivity (Wildman–Crippen MR) is 136 cm³/mol. The standard InChI is InChI=1S/C25H28N6O3S/c1-15(2)21-9-18(29-17-6-8-35(32,33)14-17)10-25(30-21)31-23-11-22(28-16(3)19(23)13-27-31)20-12-26-7-5-24(20)34-4/h5,7,9-13,15,17H,6,8,14H2,1-4H3,(H,29,30). The van der Waals surface area contributed by atoms with Crippen molar-refractivity contribution >= 4 is 26.4 Å². The van der Waals surface area contributed by atoms with E-state index in [1.54, 1.807) is 30.4 Å². The molecule has 0 radical (unpaired) electrons. The second-order valence-electron chi connectivity index (χ2n) is 9.20. The molecule has 0 aliphatic carbocycles. The predicted octanol–water partition coefficient (Wildman–Crippen LogP) is 3.92. The highest BCUT2D eigenvalue weighted by Crippen LogP contribution is 2.32. The molecule has 182 valence electrons. The molecule has 10 heteroatoms. The van der Waals surface area contributed by atoms with Gasteiger partial charge in [0.2, 0.25) is 0 Å². The highest BCUT2D eigenvalue weighted by molar-refractivity contribution is 7.91. The van der Waals surface area contributed by atoms with Crippen LogP contribution in [0, 0.1) is 6.92 Å². The molecule has 4 aromatic rings. The number of nitrogens with zero attached hydrogens (tertiary/aromatic N) is 5. The van der Waals surface area contributed by atoms with Gasteiger partial charge in [-0.2, -0.15) is 5.10 Å². The lowest BCUT2D eigenvalue weighted by Gasteiger charge is -2.16. The number of aryl methyl sites for hydroxylation is 1. The van der Waals surface area contributed by atoms with Crippen LogP contribution in [0.5, 0.6) is 5.75 Å². The van der Waals surface area contributed by atoms with Crippen LogP contribution in [0.4, 0.5) is 5.69 Å². The van der Waals surface area contributed by atoms with Crippen molar-refractivity contribution in [3.8, 4) is 22.8 Å². The van der Waals surface area contributed by atoms with Gasteiger partial charge in [0, 0.05) is 47.0 Å². The first kappa shape index (κ1) is 23.2. The van der Waals surface area contributed by atoms with Crippen molar-refractivity contribution in [3.63, 3.8) is 0 Å². The molecule has 1 unspecified atom stereocenters. The van der Waals surface area contributed by atoms with E-state index in [1.165, 1.54) is 0 Å². The Labute approximate surface area is 204 Å². The van der Waals surface area contributed by atoms with Gasteiger partial charge in [0.15, 0.2) is 15.7 Å². The Morgan fingerprint density at radius 2 is 2.00 bits per heavy atom. The van der Waals surface area contributed by atoms with E-state index < -0.39 is 9.84 Å². The van der Waals surface area contributed by atoms with Crippen molar-refractivity contribution in [1.29, 1.82) is 0 Å². The summed E-state index contributed by atoms with van der Waals surface area (Å²) in [5, 5.41) is 8.97. The number of sulfone groups is 1. The molecule has 0 aromatic carbocycles. The van der Waals surface area contributed by atoms with Gasteiger partial charge in [-0.15, -0.1) is 0 Å². The normalized spacial score (nSPS) is 17.2. The minimum atomic E-state index is -2.98. The zero-order chi connectivity index (χ0) is 24.7. The maximum Gasteiger partial charge on any atom is 0.156 e. The average Bonchev–Trinajstić information content (AvgIpc) is 3.41. The topological polar surface area (TPSA) is 112 Å². The molecule has 0 amide bonds. The molecule has 1 aliphatic rings. The Balaban J connectivity index is 1.61. The van der Waals surface area contributed by atoms with Gasteiger partial charge in [-0.05, 0) is 37.5 Å². The molecule has 5 rings (SSSR count). The lowest BCUT2D eigenvalue weighted by Crippen LogP contribution is -2.21. The summed E-state index contributed by atoms with van der Waals surface area (Å²) in [6, 6.07) is 7.57. The summed E-state index contributed by atoms with van der Waals surface area (Å²) in [4.78, 5) is 13.9. The Morgan fingerprint density at radius 1 is 1.17 bits per heavy atom. The second-order valence-corrected chi connectivity index (χ2v) is 11.4. The average molecular weight is 493 g/mol. The molecule has 1 saturated heterocycles. The van der Waals surface area contributed by atoms with Crippen LogP contribution in [-0.4, -0.2) is 57.8 Å². The van der Waals surface area contributed by atoms with Gasteiger partial charge in [0.05, 0.1) is 41.6 Å². The van der Waals surface area contributed by atoms with Crippen molar-refractivity contribution in [2.24, 2.45) is 0 Å². The molecule has 1 atom stereocenters. The largest absolute Gasteiger partial charge is 0.496 e. The summed E-state index contributed by atoms with van der Waals surface area (Å²) in [5.74, 6) is 1.90. The number of methoxy groups -OCH3 is 1. The minimum Gasteiger partial charge on any atom is -0.496 e. The molecule has 1 N–H and O–H groups in total. The van der Waals surface area contributed by atoms with E-state index in [4.69, 9.17) is 14.7 Å². The summed E-state index contributed by atoms with van der Waals surface area (Å²) >= 11 is 0. The van der Waals surface area contributed by atoms with E-state index in [9.17, 15) is 8.42 Å². The number of nitrogens with one attached hydrogen (secondary N) is 1. The second kappa shape index (κ2) is 8.92. The molecule has 1 aliphatic heterocycles. The number of ether oxygens (including phenoxy) is 1. The Kier molecular flexibility index (Phi) is 5.92. The maximum atomic E-state index is 11.9. The molecular formula is C25H28N6O3S. The van der Waals surface area contributed by atoms with Gasteiger partial charge in [0.25, 0.3) is 0 Å². The van der Waals surface area contributed by atoms with Gasteiger partial charge in [0.1, 0.15) is 5.75 Å². The zero-order valence-electron chi connectivity index (χ0n) is 20.2. The van der Waals surface area contributed by atoms with Crippen LogP contribution < -0.4 is 10.1 Å². The summed E-state index contributed by atoms with van der Waals surface area (Å²) in [7, 11) is -1.36. The van der Waals surface area contributed by atoms with Crippen LogP contribution in [0.25, 0.3) is 28.0 Å². The number of hydrogen-bond donors (Lipinski definition) is 1. The lowest BCUT2D eigenvalue weighted by atomic mass is 10.1. The van der Waals surface area contributed by atoms with E-state index in [1.807, 2.05) is 31.2 Å². The number of fused-ring (bicyclic) bond motifs is 1. The first-order valence-corrected chi connectivity index (χ1v) is 13.4. The summed E-state index contributed by atoms with van der Waals surface area (Å²) in [5.41, 5.74) is 4.96. The number of anilines is 1. The molecule has 1 fully saturated rings. The Morgan fingerprint density at radius 3 is 2.71 bits per heavy atom. The van der Waals surface area contributed by atoms with Crippen molar-refractivity contribution in [3.05, 3.63) is 54.2 Å². The van der Waals surface area contributed by atoms with E-state index in [2.05, 4.69) is 29.2 Å². The van der Waals surface area contributed by atoms with Crippen molar-refractivity contribution in [2.75, 3.05) is 23.9 Å². The van der Waals surface area contributed by atoms with Crippen molar-refractivity contribution < 1.29 is 13.2 Å². The Bertz CT molecular complexity index is 1510. The van der Waals surface area contributed by atoms with E-state index in [0.29, 0.717) is 18.0 Å². The fraction of sp³-hybridized carbons (Fsp3) is 0.360. The molecule has 9 nitrogen and oxygen atoms in total. The van der Waals surface area contributed by atoms with Crippen LogP contribution in [-0.2, 0) is 9.84 Å². The monoisotopic (exact) mass is 492 g/mol. The molecule has 35 heavy (non-hydrogen) atoms. The van der Waals surface area contributed by atoms with Gasteiger partial charge in [-0.1, -0.05) is 13.8 Å². The summed E-state index contributed by atoms with van der Waals surface area (Å²) in [6.45, 7) is 6.11. The third-order valence-corrected chi connectivity index (χ3v) is 8.05. The molecule has 0 saturated carbocycles. The minimum absolute atomic E-state index is 0.110. The van der Waals surface area contributed by atoms with Crippen LogP contribution in [0.1, 0.15) is 37.6 Å². The van der Waals surface area contributed by atoms with Crippen molar-refractivity contribution in [1.82, 2.24) is 24.7 Å². The summed E-state index contributed by atoms with van der Waals surface area (Å²) < 4.78 is 31.2. The van der Waals surface area contributed by atoms with Crippen LogP contribution in [0.3, 0.4) is 0 Å². The zero-order valence-corrected chi connectivity index (χ0v) is 21.0. The van der Waals surface area contributed by atoms with Gasteiger partial charge >= 0.3 is 0 Å². The quantitative estimate of drug-likeness (QED) is 0.431. The number of hydrogen-bond acceptors (Lipinski definition) is 8. The van der Waals surface area contributed by atoms with E-state index >= 15 is 0 Å². The molecule has 5 heterocycles. The first-order valence-electron chi connectivity index (χ1n) is 11.6. The molecule has 0 spiro atoms. The van der Waals surface area contributed by atoms with Gasteiger partial charge in [-0.3, -0.25) is 9.97 Å². The fourth-order valence-electron chi connectivity index (χ4n) is 4.42. The smallest absolute Gasteiger partial charge is 0.156 e.